The van der Waals surface area contributed by atoms with Gasteiger partial charge in [0.15, 0.2) is 5.96 Å². The van der Waals surface area contributed by atoms with Gasteiger partial charge >= 0.3 is 0 Å². The monoisotopic (exact) mass is 404 g/mol. The molecule has 1 aromatic rings. The average Bonchev–Trinajstić information content (AvgIpc) is 2.99. The number of rotatable bonds is 6. The molecule has 1 heterocycles. The summed E-state index contributed by atoms with van der Waals surface area (Å²) in [7, 11) is 0. The van der Waals surface area contributed by atoms with Crippen LogP contribution < -0.4 is 10.6 Å². The summed E-state index contributed by atoms with van der Waals surface area (Å²) in [6.45, 7) is 4.38. The van der Waals surface area contributed by atoms with Crippen molar-refractivity contribution < 1.29 is 4.52 Å². The van der Waals surface area contributed by atoms with E-state index in [1.54, 1.807) is 11.8 Å². The summed E-state index contributed by atoms with van der Waals surface area (Å²) in [6, 6.07) is 1.83. The second-order valence-electron chi connectivity index (χ2n) is 4.97. The largest absolute Gasteiger partial charge is 0.364 e. The first kappa shape index (κ1) is 18.0. The molecule has 0 bridgehead atoms. The molecule has 0 aromatic carbocycles. The van der Waals surface area contributed by atoms with E-state index < -0.39 is 0 Å². The molecule has 0 unspecified atom stereocenters. The number of hydrogen-bond donors (Lipinski definition) is 2. The highest BCUT2D eigenvalue weighted by Crippen LogP contribution is 2.19. The van der Waals surface area contributed by atoms with E-state index in [1.807, 2.05) is 6.07 Å². The van der Waals surface area contributed by atoms with Crippen molar-refractivity contribution in [2.45, 2.75) is 45.6 Å². The minimum absolute atomic E-state index is 0. The number of hydrogen-bond acceptors (Lipinski definition) is 3. The highest BCUT2D eigenvalue weighted by atomic mass is 127. The van der Waals surface area contributed by atoms with Gasteiger partial charge in [0, 0.05) is 19.2 Å². The number of nitrogens with one attached hydrogen (secondary N) is 2. The Morgan fingerprint density at radius 2 is 2.29 bits per heavy atom. The molecule has 0 fully saturated rings. The first-order valence-corrected chi connectivity index (χ1v) is 7.48. The lowest BCUT2D eigenvalue weighted by Gasteiger charge is -2.14. The Morgan fingerprint density at radius 3 is 2.95 bits per heavy atom. The summed E-state index contributed by atoms with van der Waals surface area (Å²) < 4.78 is 4.80. The van der Waals surface area contributed by atoms with Crippen LogP contribution in [0.15, 0.2) is 33.5 Å². The van der Waals surface area contributed by atoms with E-state index in [4.69, 9.17) is 4.52 Å². The first-order chi connectivity index (χ1) is 9.88. The van der Waals surface area contributed by atoms with Crippen molar-refractivity contribution in [3.8, 4) is 0 Å². The van der Waals surface area contributed by atoms with Crippen LogP contribution in [-0.2, 0) is 6.54 Å². The van der Waals surface area contributed by atoms with Crippen LogP contribution in [0.2, 0.25) is 0 Å². The molecule has 118 valence electrons. The lowest BCUT2D eigenvalue weighted by molar-refractivity contribution is 0.412. The molecule has 0 aliphatic heterocycles. The van der Waals surface area contributed by atoms with Gasteiger partial charge in [0.25, 0.3) is 0 Å². The molecule has 0 saturated heterocycles. The fourth-order valence-corrected chi connectivity index (χ4v) is 2.29. The van der Waals surface area contributed by atoms with E-state index in [9.17, 15) is 0 Å². The van der Waals surface area contributed by atoms with Gasteiger partial charge in [0.05, 0.1) is 6.54 Å². The van der Waals surface area contributed by atoms with Crippen molar-refractivity contribution >= 4 is 29.9 Å². The quantitative estimate of drug-likeness (QED) is 0.331. The Balaban J connectivity index is 0.00000220. The van der Waals surface area contributed by atoms with Gasteiger partial charge in [-0.15, -0.1) is 24.0 Å². The van der Waals surface area contributed by atoms with Crippen LogP contribution in [-0.4, -0.2) is 24.2 Å². The smallest absolute Gasteiger partial charge is 0.191 e. The van der Waals surface area contributed by atoms with Gasteiger partial charge in [0.1, 0.15) is 12.0 Å². The Bertz CT molecular complexity index is 443. The van der Waals surface area contributed by atoms with Crippen molar-refractivity contribution in [3.05, 3.63) is 29.7 Å². The fraction of sp³-hybridized carbons (Fsp3) is 0.600. The van der Waals surface area contributed by atoms with Crippen LogP contribution in [0.25, 0.3) is 0 Å². The van der Waals surface area contributed by atoms with Crippen molar-refractivity contribution in [1.82, 2.24) is 15.8 Å². The second-order valence-corrected chi connectivity index (χ2v) is 4.97. The molecule has 0 atom stereocenters. The third-order valence-corrected chi connectivity index (χ3v) is 3.36. The predicted octanol–water partition coefficient (Wildman–Crippen LogP) is 3.24. The van der Waals surface area contributed by atoms with Gasteiger partial charge in [0.2, 0.25) is 0 Å². The zero-order valence-corrected chi connectivity index (χ0v) is 14.9. The molecule has 0 amide bonds. The SMILES string of the molecule is CCNC(=NCc1ccon1)NCCC1=CCCCC1.I. The predicted molar refractivity (Wildman–Crippen MR) is 95.9 cm³/mol. The molecular weight excluding hydrogens is 379 g/mol. The lowest BCUT2D eigenvalue weighted by Crippen LogP contribution is -2.37. The Kier molecular flexibility index (Phi) is 9.12. The molecular formula is C15H25IN4O. The molecule has 0 spiro atoms. The zero-order valence-electron chi connectivity index (χ0n) is 12.6. The third-order valence-electron chi connectivity index (χ3n) is 3.36. The Hall–Kier alpha value is -1.05. The molecule has 2 rings (SSSR count). The molecule has 21 heavy (non-hydrogen) atoms. The van der Waals surface area contributed by atoms with Crippen LogP contribution in [0.3, 0.4) is 0 Å². The number of allylic oxidation sites excluding steroid dienone is 1. The topological polar surface area (TPSA) is 62.5 Å². The zero-order chi connectivity index (χ0) is 14.0. The third kappa shape index (κ3) is 6.97. The fourth-order valence-electron chi connectivity index (χ4n) is 2.29. The summed E-state index contributed by atoms with van der Waals surface area (Å²) in [5.74, 6) is 0.840. The highest BCUT2D eigenvalue weighted by molar-refractivity contribution is 14.0. The van der Waals surface area contributed by atoms with Crippen molar-refractivity contribution in [3.63, 3.8) is 0 Å². The van der Waals surface area contributed by atoms with Crippen LogP contribution in [0.5, 0.6) is 0 Å². The van der Waals surface area contributed by atoms with E-state index in [2.05, 4.69) is 33.8 Å². The van der Waals surface area contributed by atoms with E-state index in [0.29, 0.717) is 6.54 Å². The molecule has 2 N–H and O–H groups in total. The number of aliphatic imine (C=N–C) groups is 1. The summed E-state index contributed by atoms with van der Waals surface area (Å²) in [6.07, 6.45) is 10.3. The minimum atomic E-state index is 0. The van der Waals surface area contributed by atoms with E-state index in [0.717, 1.165) is 31.2 Å². The van der Waals surface area contributed by atoms with Gasteiger partial charge in [-0.3, -0.25) is 0 Å². The van der Waals surface area contributed by atoms with E-state index in [-0.39, 0.29) is 24.0 Å². The van der Waals surface area contributed by atoms with Gasteiger partial charge < -0.3 is 15.2 Å². The maximum atomic E-state index is 4.80. The second kappa shape index (κ2) is 10.6. The van der Waals surface area contributed by atoms with Crippen LogP contribution in [0.4, 0.5) is 0 Å². The van der Waals surface area contributed by atoms with Gasteiger partial charge in [-0.25, -0.2) is 4.99 Å². The van der Waals surface area contributed by atoms with Gasteiger partial charge in [-0.05, 0) is 39.0 Å². The van der Waals surface area contributed by atoms with Crippen molar-refractivity contribution in [2.75, 3.05) is 13.1 Å². The Labute approximate surface area is 143 Å². The average molecular weight is 404 g/mol. The number of aromatic nitrogens is 1. The lowest BCUT2D eigenvalue weighted by atomic mass is 9.97. The molecule has 1 aliphatic carbocycles. The van der Waals surface area contributed by atoms with Crippen LogP contribution in [0.1, 0.15) is 44.7 Å². The van der Waals surface area contributed by atoms with E-state index in [1.165, 1.54) is 25.7 Å². The molecule has 6 heteroatoms. The van der Waals surface area contributed by atoms with Crippen LogP contribution in [0, 0.1) is 0 Å². The highest BCUT2D eigenvalue weighted by Gasteiger charge is 2.04. The number of nitrogens with zero attached hydrogens (tertiary/aromatic N) is 2. The summed E-state index contributed by atoms with van der Waals surface area (Å²) in [5.41, 5.74) is 2.42. The first-order valence-electron chi connectivity index (χ1n) is 7.48. The normalized spacial score (nSPS) is 15.1. The number of halogens is 1. The summed E-state index contributed by atoms with van der Waals surface area (Å²) in [5, 5.41) is 10.5. The summed E-state index contributed by atoms with van der Waals surface area (Å²) in [4.78, 5) is 4.49. The maximum absolute atomic E-state index is 4.80. The van der Waals surface area contributed by atoms with Crippen LogP contribution >= 0.6 is 24.0 Å². The maximum Gasteiger partial charge on any atom is 0.191 e. The minimum Gasteiger partial charge on any atom is -0.364 e. The summed E-state index contributed by atoms with van der Waals surface area (Å²) >= 11 is 0. The number of guanidine groups is 1. The van der Waals surface area contributed by atoms with E-state index >= 15 is 0 Å². The molecule has 0 saturated carbocycles. The molecule has 1 aliphatic rings. The molecule has 0 radical (unpaired) electrons. The van der Waals surface area contributed by atoms with Crippen molar-refractivity contribution in [1.29, 1.82) is 0 Å². The van der Waals surface area contributed by atoms with Gasteiger partial charge in [-0.2, -0.15) is 0 Å². The molecule has 5 nitrogen and oxygen atoms in total. The standard InChI is InChI=1S/C15H24N4O.HI/c1-2-16-15(18-12-14-9-11-20-19-14)17-10-8-13-6-4-3-5-7-13;/h6,9,11H,2-5,7-8,10,12H2,1H3,(H2,16,17,18);1H. The Morgan fingerprint density at radius 1 is 1.38 bits per heavy atom. The molecule has 1 aromatic heterocycles. The van der Waals surface area contributed by atoms with Gasteiger partial charge in [-0.1, -0.05) is 16.8 Å². The van der Waals surface area contributed by atoms with Crippen molar-refractivity contribution in [2.24, 2.45) is 4.99 Å².